The maximum absolute atomic E-state index is 17.3. The van der Waals surface area contributed by atoms with Gasteiger partial charge in [-0.25, -0.2) is 13.2 Å². The second-order valence-corrected chi connectivity index (χ2v) is 18.2. The molecule has 4 saturated heterocycles. The first kappa shape index (κ1) is 41.4. The molecule has 2 aromatic heterocycles. The zero-order valence-electron chi connectivity index (χ0n) is 34.8. The lowest BCUT2D eigenvalue weighted by atomic mass is 9.59. The molecule has 11 nitrogen and oxygen atoms in total. The molecule has 2 aromatic carbocycles. The van der Waals surface area contributed by atoms with Crippen LogP contribution in [0.15, 0.2) is 43.1 Å². The molecule has 5 fully saturated rings. The lowest BCUT2D eigenvalue weighted by Gasteiger charge is -2.57. The van der Waals surface area contributed by atoms with E-state index in [2.05, 4.69) is 37.6 Å². The molecule has 1 unspecified atom stereocenters. The van der Waals surface area contributed by atoms with Gasteiger partial charge in [0.2, 0.25) is 5.91 Å². The number of pyridine rings is 1. The molecule has 4 aliphatic heterocycles. The lowest BCUT2D eigenvalue weighted by molar-refractivity contribution is -0.117. The number of halogens is 3. The number of phenolic OH excluding ortho intramolecular Hbond substituents is 1. The number of phenols is 1. The van der Waals surface area contributed by atoms with Crippen LogP contribution in [0.5, 0.6) is 11.8 Å². The highest BCUT2D eigenvalue weighted by atomic mass is 19.1. The number of hydrogen-bond acceptors (Lipinski definition) is 10. The number of benzene rings is 2. The van der Waals surface area contributed by atoms with Crippen LogP contribution in [0.4, 0.5) is 19.0 Å². The Morgan fingerprint density at radius 3 is 2.62 bits per heavy atom. The van der Waals surface area contributed by atoms with E-state index in [-0.39, 0.29) is 75.9 Å². The van der Waals surface area contributed by atoms with Gasteiger partial charge in [-0.3, -0.25) is 14.7 Å². The SMILES string of the molecule is C#Cc1c(F)ccc2cc(O)cc(-c3ncc4c(N5CCCCC(NC(=O)C=C)C5)nc(OC[C@]5(C)C[C@@H](F)CN5C5CC6(CCN(C7CCOCC7)CC6)C5)nc4c3F)c12. The summed E-state index contributed by atoms with van der Waals surface area (Å²) in [6.07, 6.45) is 16.7. The first-order valence-corrected chi connectivity index (χ1v) is 21.8. The van der Waals surface area contributed by atoms with Crippen LogP contribution in [0.1, 0.15) is 76.7 Å². The molecule has 0 radical (unpaired) electrons. The number of hydrogen-bond donors (Lipinski definition) is 2. The second kappa shape index (κ2) is 16.7. The van der Waals surface area contributed by atoms with Crippen molar-refractivity contribution < 1.29 is 32.5 Å². The maximum Gasteiger partial charge on any atom is 0.319 e. The van der Waals surface area contributed by atoms with Crippen LogP contribution < -0.4 is 15.0 Å². The van der Waals surface area contributed by atoms with E-state index in [9.17, 15) is 9.90 Å². The van der Waals surface area contributed by atoms with Gasteiger partial charge in [-0.05, 0) is 113 Å². The minimum Gasteiger partial charge on any atom is -0.508 e. The van der Waals surface area contributed by atoms with Crippen LogP contribution in [-0.4, -0.2) is 118 Å². The quantitative estimate of drug-likeness (QED) is 0.134. The Morgan fingerprint density at radius 1 is 1.08 bits per heavy atom. The van der Waals surface area contributed by atoms with Crippen molar-refractivity contribution in [2.45, 2.75) is 101 Å². The van der Waals surface area contributed by atoms with E-state index < -0.39 is 23.3 Å². The van der Waals surface area contributed by atoms with Crippen LogP contribution in [0.3, 0.4) is 0 Å². The fourth-order valence-electron chi connectivity index (χ4n) is 11.0. The van der Waals surface area contributed by atoms with Crippen LogP contribution >= 0.6 is 0 Å². The monoisotopic (exact) mass is 837 g/mol. The number of rotatable bonds is 9. The molecule has 1 saturated carbocycles. The van der Waals surface area contributed by atoms with Crippen molar-refractivity contribution in [3.8, 4) is 35.4 Å². The van der Waals surface area contributed by atoms with E-state index in [1.807, 2.05) is 11.8 Å². The van der Waals surface area contributed by atoms with E-state index in [0.717, 1.165) is 84.1 Å². The average Bonchev–Trinajstić information content (AvgIpc) is 3.38. The highest BCUT2D eigenvalue weighted by Crippen LogP contribution is 2.54. The van der Waals surface area contributed by atoms with Crippen LogP contribution in [0.25, 0.3) is 32.9 Å². The van der Waals surface area contributed by atoms with Crippen LogP contribution in [-0.2, 0) is 9.53 Å². The summed E-state index contributed by atoms with van der Waals surface area (Å²) in [4.78, 5) is 33.4. The first-order valence-electron chi connectivity index (χ1n) is 21.8. The van der Waals surface area contributed by atoms with Crippen molar-refractivity contribution in [3.05, 3.63) is 60.3 Å². The molecule has 9 rings (SSSR count). The fraction of sp³-hybridized carbons (Fsp3) is 0.532. The second-order valence-electron chi connectivity index (χ2n) is 18.2. The molecule has 1 spiro atoms. The molecular formula is C47H54F3N7O4. The Morgan fingerprint density at radius 2 is 1.87 bits per heavy atom. The number of terminal acetylenes is 1. The van der Waals surface area contributed by atoms with Gasteiger partial charge < -0.3 is 29.7 Å². The standard InChI is InChI=1S/C47H54F3N7O4/c1-4-35-38(49)10-9-29-20-34(58)21-36(40(29)35)42-41(50)43-37(25-51-42)44(56-15-7-6-8-31(27-56)52-39(59)5-2)54-45(53-43)61-28-46(3)22-30(48)26-57(46)33-23-47(24-33)13-16-55(17-14-47)32-11-18-60-19-12-32/h1,5,9-10,20-21,25,30-33,58H,2,6-8,11-19,22-24,26-28H2,3H3,(H,52,59)/t30-,31?,46+/m1/s1. The first-order chi connectivity index (χ1) is 29.5. The maximum atomic E-state index is 17.3. The number of anilines is 1. The normalized spacial score (nSPS) is 25.3. The van der Waals surface area contributed by atoms with Crippen molar-refractivity contribution in [2.24, 2.45) is 5.41 Å². The number of piperidine rings is 1. The molecule has 322 valence electrons. The van der Waals surface area contributed by atoms with E-state index in [4.69, 9.17) is 20.9 Å². The molecule has 5 aliphatic rings. The van der Waals surface area contributed by atoms with Crippen molar-refractivity contribution >= 4 is 33.4 Å². The molecule has 61 heavy (non-hydrogen) atoms. The summed E-state index contributed by atoms with van der Waals surface area (Å²) in [5.74, 6) is 0.783. The summed E-state index contributed by atoms with van der Waals surface area (Å²) in [7, 11) is 0. The number of aromatic hydroxyl groups is 1. The minimum atomic E-state index is -1.02. The summed E-state index contributed by atoms with van der Waals surface area (Å²) in [6, 6.07) is 5.94. The molecule has 2 N–H and O–H groups in total. The highest BCUT2D eigenvalue weighted by Gasteiger charge is 2.54. The summed E-state index contributed by atoms with van der Waals surface area (Å²) in [6.45, 7) is 10.9. The zero-order chi connectivity index (χ0) is 42.5. The Bertz CT molecular complexity index is 2370. The molecule has 14 heteroatoms. The van der Waals surface area contributed by atoms with Crippen LogP contribution in [0.2, 0.25) is 0 Å². The van der Waals surface area contributed by atoms with Gasteiger partial charge in [0, 0.05) is 74.5 Å². The lowest BCUT2D eigenvalue weighted by Crippen LogP contribution is -2.60. The van der Waals surface area contributed by atoms with Gasteiger partial charge in [0.05, 0.1) is 16.5 Å². The minimum absolute atomic E-state index is 0.0823. The Hall–Kier alpha value is -4.97. The predicted molar refractivity (Wildman–Crippen MR) is 228 cm³/mol. The molecular weight excluding hydrogens is 784 g/mol. The largest absolute Gasteiger partial charge is 0.508 e. The molecule has 0 bridgehead atoms. The number of ether oxygens (including phenoxy) is 2. The smallest absolute Gasteiger partial charge is 0.319 e. The summed E-state index contributed by atoms with van der Waals surface area (Å²) >= 11 is 0. The number of amides is 1. The summed E-state index contributed by atoms with van der Waals surface area (Å²) in [5.41, 5.74) is -0.649. The van der Waals surface area contributed by atoms with E-state index in [1.54, 1.807) is 0 Å². The number of aromatic nitrogens is 3. The van der Waals surface area contributed by atoms with Crippen molar-refractivity contribution in [3.63, 3.8) is 0 Å². The Balaban J connectivity index is 1.03. The van der Waals surface area contributed by atoms with Crippen molar-refractivity contribution in [1.82, 2.24) is 30.1 Å². The van der Waals surface area contributed by atoms with Gasteiger partial charge in [-0.2, -0.15) is 9.97 Å². The third kappa shape index (κ3) is 8.01. The van der Waals surface area contributed by atoms with Gasteiger partial charge >= 0.3 is 6.01 Å². The Labute approximate surface area is 354 Å². The highest BCUT2D eigenvalue weighted by molar-refractivity contribution is 6.03. The van der Waals surface area contributed by atoms with Gasteiger partial charge in [-0.15, -0.1) is 6.42 Å². The summed E-state index contributed by atoms with van der Waals surface area (Å²) < 4.78 is 59.9. The third-order valence-corrected chi connectivity index (χ3v) is 14.2. The van der Waals surface area contributed by atoms with E-state index in [1.165, 1.54) is 36.5 Å². The number of nitrogens with one attached hydrogen (secondary N) is 1. The summed E-state index contributed by atoms with van der Waals surface area (Å²) in [5, 5.41) is 14.7. The van der Waals surface area contributed by atoms with Crippen molar-refractivity contribution in [2.75, 3.05) is 57.4 Å². The molecule has 1 amide bonds. The fourth-order valence-corrected chi connectivity index (χ4v) is 11.0. The number of nitrogens with zero attached hydrogens (tertiary/aromatic N) is 6. The predicted octanol–water partition coefficient (Wildman–Crippen LogP) is 7.08. The number of carbonyl (C=O) groups is 1. The van der Waals surface area contributed by atoms with Crippen LogP contribution in [0, 0.1) is 29.4 Å². The van der Waals surface area contributed by atoms with Crippen molar-refractivity contribution in [1.29, 1.82) is 0 Å². The zero-order valence-corrected chi connectivity index (χ0v) is 34.8. The van der Waals surface area contributed by atoms with Gasteiger partial charge in [0.1, 0.15) is 41.4 Å². The molecule has 1 aliphatic carbocycles. The number of likely N-dealkylation sites (tertiary alicyclic amines) is 2. The number of alkyl halides is 1. The van der Waals surface area contributed by atoms with E-state index >= 15 is 13.2 Å². The van der Waals surface area contributed by atoms with E-state index in [0.29, 0.717) is 42.3 Å². The third-order valence-electron chi connectivity index (χ3n) is 14.2. The average molecular weight is 838 g/mol. The van der Waals surface area contributed by atoms with Gasteiger partial charge in [0.15, 0.2) is 5.82 Å². The van der Waals surface area contributed by atoms with Gasteiger partial charge in [0.25, 0.3) is 0 Å². The number of carbonyl (C=O) groups excluding carboxylic acids is 1. The molecule has 6 heterocycles. The number of fused-ring (bicyclic) bond motifs is 2. The molecule has 3 atom stereocenters. The van der Waals surface area contributed by atoms with Gasteiger partial charge in [-0.1, -0.05) is 18.6 Å². The topological polar surface area (TPSA) is 116 Å². The molecule has 4 aromatic rings. The Kier molecular flexibility index (Phi) is 11.3.